The summed E-state index contributed by atoms with van der Waals surface area (Å²) in [7, 11) is 0. The molecule has 1 atom stereocenters. The van der Waals surface area contributed by atoms with E-state index in [-0.39, 0.29) is 0 Å². The number of nitriles is 1. The molecule has 0 fully saturated rings. The van der Waals surface area contributed by atoms with Crippen LogP contribution in [0.4, 0.5) is 0 Å². The first-order valence-corrected chi connectivity index (χ1v) is 10.2. The van der Waals surface area contributed by atoms with Crippen LogP contribution >= 0.6 is 0 Å². The van der Waals surface area contributed by atoms with Crippen molar-refractivity contribution in [1.82, 2.24) is 0 Å². The summed E-state index contributed by atoms with van der Waals surface area (Å²) >= 11 is 0. The van der Waals surface area contributed by atoms with Gasteiger partial charge in [-0.05, 0) is 32.4 Å². The molecule has 23 heavy (non-hydrogen) atoms. The first-order valence-electron chi connectivity index (χ1n) is 10.2. The molecule has 0 saturated carbocycles. The van der Waals surface area contributed by atoms with E-state index in [0.717, 1.165) is 12.8 Å². The van der Waals surface area contributed by atoms with Crippen LogP contribution in [0.25, 0.3) is 0 Å². The Bertz CT molecular complexity index is 291. The van der Waals surface area contributed by atoms with Gasteiger partial charge in [-0.3, -0.25) is 4.99 Å². The summed E-state index contributed by atoms with van der Waals surface area (Å²) in [6.45, 7) is 4.38. The maximum Gasteiger partial charge on any atom is 0.0622 e. The molecular formula is C21H40N2. The van der Waals surface area contributed by atoms with E-state index in [1.807, 2.05) is 0 Å². The van der Waals surface area contributed by atoms with Gasteiger partial charge in [-0.1, -0.05) is 84.0 Å². The maximum absolute atomic E-state index is 8.52. The molecule has 0 spiro atoms. The highest BCUT2D eigenvalue weighted by atomic mass is 14.7. The van der Waals surface area contributed by atoms with Crippen molar-refractivity contribution in [2.24, 2.45) is 4.99 Å². The predicted molar refractivity (Wildman–Crippen MR) is 103 cm³/mol. The van der Waals surface area contributed by atoms with E-state index in [1.165, 1.54) is 83.5 Å². The van der Waals surface area contributed by atoms with Gasteiger partial charge in [0.1, 0.15) is 0 Å². The van der Waals surface area contributed by atoms with Crippen LogP contribution in [-0.4, -0.2) is 12.3 Å². The Kier molecular flexibility index (Phi) is 18.5. The second kappa shape index (κ2) is 19.2. The molecule has 0 aromatic heterocycles. The topological polar surface area (TPSA) is 36.1 Å². The van der Waals surface area contributed by atoms with Crippen molar-refractivity contribution >= 4 is 6.21 Å². The number of hydrogen-bond acceptors (Lipinski definition) is 2. The Hall–Kier alpha value is -0.840. The molecule has 0 saturated heterocycles. The minimum Gasteiger partial charge on any atom is -0.294 e. The van der Waals surface area contributed by atoms with Gasteiger partial charge < -0.3 is 0 Å². The largest absolute Gasteiger partial charge is 0.294 e. The highest BCUT2D eigenvalue weighted by Crippen LogP contribution is 2.12. The normalized spacial score (nSPS) is 12.6. The summed E-state index contributed by atoms with van der Waals surface area (Å²) in [6, 6.07) is 2.50. The number of unbranched alkanes of at least 4 members (excludes halogenated alkanes) is 13. The van der Waals surface area contributed by atoms with Crippen LogP contribution in [0.3, 0.4) is 0 Å². The van der Waals surface area contributed by atoms with Crippen molar-refractivity contribution < 1.29 is 0 Å². The first-order chi connectivity index (χ1) is 11.3. The van der Waals surface area contributed by atoms with Crippen LogP contribution in [0.5, 0.6) is 0 Å². The summed E-state index contributed by atoms with van der Waals surface area (Å²) in [6.07, 6.45) is 23.0. The highest BCUT2D eigenvalue weighted by Gasteiger charge is 1.96. The summed E-state index contributed by atoms with van der Waals surface area (Å²) < 4.78 is 0. The van der Waals surface area contributed by atoms with Gasteiger partial charge in [-0.25, -0.2) is 0 Å². The monoisotopic (exact) mass is 320 g/mol. The van der Waals surface area contributed by atoms with E-state index in [1.54, 1.807) is 0 Å². The lowest BCUT2D eigenvalue weighted by Gasteiger charge is -2.03. The number of aliphatic imine (C=N–C) groups is 1. The fraction of sp³-hybridized carbons (Fsp3) is 0.905. The molecule has 0 aliphatic heterocycles. The third-order valence-electron chi connectivity index (χ3n) is 4.47. The smallest absolute Gasteiger partial charge is 0.0622 e. The molecule has 0 N–H and O–H groups in total. The van der Waals surface area contributed by atoms with Gasteiger partial charge in [0.2, 0.25) is 0 Å². The average molecular weight is 321 g/mol. The molecule has 0 rings (SSSR count). The molecule has 0 bridgehead atoms. The minimum absolute atomic E-state index is 0.316. The molecule has 0 amide bonds. The van der Waals surface area contributed by atoms with Crippen LogP contribution < -0.4 is 0 Å². The lowest BCUT2D eigenvalue weighted by Crippen LogP contribution is -1.97. The third kappa shape index (κ3) is 19.1. The summed E-state index contributed by atoms with van der Waals surface area (Å²) in [5.41, 5.74) is 0. The Morgan fingerprint density at radius 1 is 0.826 bits per heavy atom. The van der Waals surface area contributed by atoms with Crippen LogP contribution in [-0.2, 0) is 0 Å². The van der Waals surface area contributed by atoms with Crippen molar-refractivity contribution in [2.75, 3.05) is 0 Å². The van der Waals surface area contributed by atoms with E-state index in [0.29, 0.717) is 12.5 Å². The predicted octanol–water partition coefficient (Wildman–Crippen LogP) is 7.23. The van der Waals surface area contributed by atoms with E-state index in [4.69, 9.17) is 5.26 Å². The quantitative estimate of drug-likeness (QED) is 0.206. The summed E-state index contributed by atoms with van der Waals surface area (Å²) in [4.78, 5) is 4.48. The Morgan fingerprint density at radius 2 is 1.30 bits per heavy atom. The van der Waals surface area contributed by atoms with E-state index in [9.17, 15) is 0 Å². The third-order valence-corrected chi connectivity index (χ3v) is 4.47. The maximum atomic E-state index is 8.52. The minimum atomic E-state index is 0.316. The number of hydrogen-bond donors (Lipinski definition) is 0. The fourth-order valence-electron chi connectivity index (χ4n) is 2.86. The molecule has 2 heteroatoms. The molecule has 134 valence electrons. The molecular weight excluding hydrogens is 280 g/mol. The fourth-order valence-corrected chi connectivity index (χ4v) is 2.86. The van der Waals surface area contributed by atoms with Gasteiger partial charge in [0.15, 0.2) is 0 Å². The van der Waals surface area contributed by atoms with Gasteiger partial charge in [0.25, 0.3) is 0 Å². The van der Waals surface area contributed by atoms with Crippen molar-refractivity contribution in [3.63, 3.8) is 0 Å². The molecule has 2 nitrogen and oxygen atoms in total. The second-order valence-corrected chi connectivity index (χ2v) is 6.91. The van der Waals surface area contributed by atoms with Crippen LogP contribution in [0.1, 0.15) is 117 Å². The molecule has 0 aromatic rings. The van der Waals surface area contributed by atoms with E-state index in [2.05, 4.69) is 31.1 Å². The van der Waals surface area contributed by atoms with Gasteiger partial charge in [0, 0.05) is 12.5 Å². The van der Waals surface area contributed by atoms with E-state index >= 15 is 0 Å². The lowest BCUT2D eigenvalue weighted by molar-refractivity contribution is 0.541. The zero-order valence-corrected chi connectivity index (χ0v) is 15.9. The summed E-state index contributed by atoms with van der Waals surface area (Å²) in [5.74, 6) is 0. The Balaban J connectivity index is 3.13. The zero-order chi connectivity index (χ0) is 17.0. The average Bonchev–Trinajstić information content (AvgIpc) is 2.56. The van der Waals surface area contributed by atoms with Crippen LogP contribution in [0.2, 0.25) is 0 Å². The Morgan fingerprint density at radius 3 is 1.78 bits per heavy atom. The first kappa shape index (κ1) is 22.2. The molecule has 0 heterocycles. The van der Waals surface area contributed by atoms with Gasteiger partial charge in [-0.15, -0.1) is 0 Å². The number of nitrogens with zero attached hydrogens (tertiary/aromatic N) is 2. The number of rotatable bonds is 17. The van der Waals surface area contributed by atoms with E-state index < -0.39 is 0 Å². The van der Waals surface area contributed by atoms with Crippen molar-refractivity contribution in [3.05, 3.63) is 0 Å². The molecule has 0 aromatic carbocycles. The molecule has 0 aliphatic rings. The Labute approximate surface area is 145 Å². The highest BCUT2D eigenvalue weighted by molar-refractivity contribution is 5.57. The summed E-state index contributed by atoms with van der Waals surface area (Å²) in [5, 5.41) is 8.52. The molecule has 1 unspecified atom stereocenters. The van der Waals surface area contributed by atoms with Gasteiger partial charge in [-0.2, -0.15) is 5.26 Å². The standard InChI is InChI=1S/C21H40N2/c1-3-4-5-6-7-8-9-10-11-12-13-14-15-16-20-23-21(2)18-17-19-22/h20-21H,3-18H2,1-2H3. The van der Waals surface area contributed by atoms with Crippen molar-refractivity contribution in [2.45, 2.75) is 123 Å². The lowest BCUT2D eigenvalue weighted by atomic mass is 10.0. The van der Waals surface area contributed by atoms with Crippen molar-refractivity contribution in [3.8, 4) is 6.07 Å². The SMILES string of the molecule is CCCCCCCCCCCCCCCC=NC(C)CCC#N. The second-order valence-electron chi connectivity index (χ2n) is 6.91. The van der Waals surface area contributed by atoms with Gasteiger partial charge >= 0.3 is 0 Å². The van der Waals surface area contributed by atoms with Crippen LogP contribution in [0.15, 0.2) is 4.99 Å². The van der Waals surface area contributed by atoms with Crippen molar-refractivity contribution in [1.29, 1.82) is 5.26 Å². The molecule has 0 radical (unpaired) electrons. The van der Waals surface area contributed by atoms with Gasteiger partial charge in [0.05, 0.1) is 6.07 Å². The zero-order valence-electron chi connectivity index (χ0n) is 15.9. The molecule has 0 aliphatic carbocycles. The van der Waals surface area contributed by atoms with Crippen LogP contribution in [0, 0.1) is 11.3 Å².